The number of hydrogen-bond donors (Lipinski definition) is 1. The van der Waals surface area contributed by atoms with Crippen LogP contribution in [-0.2, 0) is 14.3 Å². The fourth-order valence-electron chi connectivity index (χ4n) is 4.53. The third-order valence-corrected chi connectivity index (χ3v) is 6.77. The zero-order chi connectivity index (χ0) is 25.5. The summed E-state index contributed by atoms with van der Waals surface area (Å²) >= 11 is 0. The zero-order valence-electron chi connectivity index (χ0n) is 20.5. The number of halogens is 1. The van der Waals surface area contributed by atoms with Crippen molar-refractivity contribution < 1.29 is 23.5 Å². The molecule has 2 aromatic carbocycles. The van der Waals surface area contributed by atoms with Crippen molar-refractivity contribution >= 4 is 12.1 Å². The number of benzene rings is 2. The molecule has 1 amide bonds. The molecular formula is C29H31FN2O4. The summed E-state index contributed by atoms with van der Waals surface area (Å²) < 4.78 is 25.3. The summed E-state index contributed by atoms with van der Waals surface area (Å²) in [4.78, 5) is 29.4. The Balaban J connectivity index is 1.33. The van der Waals surface area contributed by atoms with Crippen molar-refractivity contribution in [3.63, 3.8) is 0 Å². The third kappa shape index (κ3) is 5.73. The van der Waals surface area contributed by atoms with Crippen LogP contribution in [0.15, 0.2) is 73.1 Å². The highest BCUT2D eigenvalue weighted by Crippen LogP contribution is 2.44. The Morgan fingerprint density at radius 1 is 0.972 bits per heavy atom. The Morgan fingerprint density at radius 2 is 1.58 bits per heavy atom. The summed E-state index contributed by atoms with van der Waals surface area (Å²) in [6.45, 7) is 3.83. The van der Waals surface area contributed by atoms with Gasteiger partial charge in [0.05, 0.1) is 6.61 Å². The first kappa shape index (κ1) is 25.4. The molecule has 7 heteroatoms. The van der Waals surface area contributed by atoms with Crippen LogP contribution in [0.4, 0.5) is 9.18 Å². The van der Waals surface area contributed by atoms with Crippen molar-refractivity contribution in [1.82, 2.24) is 10.3 Å². The number of carbonyl (C=O) groups is 2. The molecule has 6 nitrogen and oxygen atoms in total. The molecule has 0 aliphatic heterocycles. The first-order valence-electron chi connectivity index (χ1n) is 12.3. The third-order valence-electron chi connectivity index (χ3n) is 6.77. The number of esters is 1. The first-order valence-corrected chi connectivity index (χ1v) is 12.3. The second-order valence-corrected chi connectivity index (χ2v) is 9.04. The maximum Gasteiger partial charge on any atom is 0.407 e. The molecule has 3 aromatic rings. The van der Waals surface area contributed by atoms with E-state index in [2.05, 4.69) is 22.4 Å². The van der Waals surface area contributed by atoms with E-state index < -0.39 is 24.3 Å². The smallest absolute Gasteiger partial charge is 0.407 e. The van der Waals surface area contributed by atoms with E-state index in [0.717, 1.165) is 22.3 Å². The van der Waals surface area contributed by atoms with Crippen molar-refractivity contribution in [3.05, 3.63) is 89.7 Å². The van der Waals surface area contributed by atoms with Gasteiger partial charge in [0, 0.05) is 24.7 Å². The van der Waals surface area contributed by atoms with Crippen molar-refractivity contribution in [2.24, 2.45) is 5.92 Å². The molecule has 4 rings (SSSR count). The summed E-state index contributed by atoms with van der Waals surface area (Å²) in [5.74, 6) is -0.856. The number of hydrogen-bond acceptors (Lipinski definition) is 5. The molecule has 0 saturated heterocycles. The van der Waals surface area contributed by atoms with Crippen molar-refractivity contribution in [3.8, 4) is 11.1 Å². The molecular weight excluding hydrogens is 459 g/mol. The van der Waals surface area contributed by atoms with Crippen LogP contribution < -0.4 is 5.32 Å². The van der Waals surface area contributed by atoms with Gasteiger partial charge in [0.1, 0.15) is 18.8 Å². The Morgan fingerprint density at radius 3 is 2.19 bits per heavy atom. The Hall–Kier alpha value is -3.74. The van der Waals surface area contributed by atoms with Gasteiger partial charge in [-0.25, -0.2) is 14.0 Å². The van der Waals surface area contributed by atoms with Crippen LogP contribution in [0.5, 0.6) is 0 Å². The summed E-state index contributed by atoms with van der Waals surface area (Å²) in [5.41, 5.74) is 4.98. The number of pyridine rings is 1. The molecule has 36 heavy (non-hydrogen) atoms. The van der Waals surface area contributed by atoms with Gasteiger partial charge in [0.25, 0.3) is 0 Å². The first-order chi connectivity index (χ1) is 17.5. The molecule has 1 N–H and O–H groups in total. The van der Waals surface area contributed by atoms with E-state index in [4.69, 9.17) is 9.47 Å². The highest BCUT2D eigenvalue weighted by Gasteiger charge is 2.31. The minimum atomic E-state index is -1.27. The topological polar surface area (TPSA) is 77.5 Å². The van der Waals surface area contributed by atoms with Crippen molar-refractivity contribution in [1.29, 1.82) is 0 Å². The molecule has 1 aliphatic rings. The molecule has 0 spiro atoms. The predicted molar refractivity (Wildman–Crippen MR) is 135 cm³/mol. The molecule has 0 radical (unpaired) electrons. The van der Waals surface area contributed by atoms with Gasteiger partial charge < -0.3 is 14.8 Å². The van der Waals surface area contributed by atoms with Crippen LogP contribution in [0, 0.1) is 5.92 Å². The molecule has 0 saturated carbocycles. The maximum atomic E-state index is 14.4. The highest BCUT2D eigenvalue weighted by molar-refractivity contribution is 5.82. The minimum Gasteiger partial charge on any atom is -0.464 e. The second kappa shape index (κ2) is 11.8. The van der Waals surface area contributed by atoms with Crippen LogP contribution in [0.25, 0.3) is 11.1 Å². The largest absolute Gasteiger partial charge is 0.464 e. The molecule has 1 aromatic heterocycles. The van der Waals surface area contributed by atoms with Crippen LogP contribution in [-0.4, -0.2) is 36.3 Å². The molecule has 1 heterocycles. The average Bonchev–Trinajstić information content (AvgIpc) is 3.24. The van der Waals surface area contributed by atoms with E-state index in [1.54, 1.807) is 12.1 Å². The number of carbonyl (C=O) groups excluding carboxylic acids is 2. The second-order valence-electron chi connectivity index (χ2n) is 9.04. The summed E-state index contributed by atoms with van der Waals surface area (Å²) in [6, 6.07) is 18.5. The van der Waals surface area contributed by atoms with Crippen LogP contribution in [0.2, 0.25) is 0 Å². The van der Waals surface area contributed by atoms with Gasteiger partial charge in [-0.2, -0.15) is 0 Å². The SMILES string of the molecule is CCC(C)[C@H](NC(=O)OCC1c2ccccc2-c2ccccc21)C(=O)OCCC(F)c1ccncc1. The number of nitrogens with zero attached hydrogens (tertiary/aromatic N) is 1. The van der Waals surface area contributed by atoms with Gasteiger partial charge in [0.15, 0.2) is 0 Å². The molecule has 188 valence electrons. The van der Waals surface area contributed by atoms with Crippen molar-refractivity contribution in [2.45, 2.75) is 44.8 Å². The lowest BCUT2D eigenvalue weighted by Crippen LogP contribution is -2.46. The molecule has 2 unspecified atom stereocenters. The van der Waals surface area contributed by atoms with Gasteiger partial charge in [-0.1, -0.05) is 68.8 Å². The number of nitrogens with one attached hydrogen (secondary N) is 1. The van der Waals surface area contributed by atoms with Crippen molar-refractivity contribution in [2.75, 3.05) is 13.2 Å². The molecule has 3 atom stereocenters. The highest BCUT2D eigenvalue weighted by atomic mass is 19.1. The quantitative estimate of drug-likeness (QED) is 0.354. The lowest BCUT2D eigenvalue weighted by atomic mass is 9.98. The number of aromatic nitrogens is 1. The van der Waals surface area contributed by atoms with E-state index >= 15 is 0 Å². The van der Waals surface area contributed by atoms with E-state index in [-0.39, 0.29) is 31.5 Å². The van der Waals surface area contributed by atoms with Gasteiger partial charge in [-0.3, -0.25) is 4.98 Å². The van der Waals surface area contributed by atoms with E-state index in [1.165, 1.54) is 12.4 Å². The minimum absolute atomic E-state index is 0.0217. The average molecular weight is 491 g/mol. The summed E-state index contributed by atoms with van der Waals surface area (Å²) in [5, 5.41) is 2.67. The van der Waals surface area contributed by atoms with Crippen LogP contribution in [0.3, 0.4) is 0 Å². The van der Waals surface area contributed by atoms with Gasteiger partial charge >= 0.3 is 12.1 Å². The van der Waals surface area contributed by atoms with E-state index in [0.29, 0.717) is 12.0 Å². The van der Waals surface area contributed by atoms with Gasteiger partial charge in [-0.15, -0.1) is 0 Å². The lowest BCUT2D eigenvalue weighted by Gasteiger charge is -2.23. The normalized spacial score (nSPS) is 14.8. The summed E-state index contributed by atoms with van der Waals surface area (Å²) in [7, 11) is 0. The van der Waals surface area contributed by atoms with Gasteiger partial charge in [0.2, 0.25) is 0 Å². The Kier molecular flexibility index (Phi) is 8.31. The number of amides is 1. The molecule has 0 fully saturated rings. The molecule has 0 bridgehead atoms. The number of alkyl carbamates (subject to hydrolysis) is 1. The van der Waals surface area contributed by atoms with Crippen LogP contribution in [0.1, 0.15) is 55.5 Å². The number of fused-ring (bicyclic) bond motifs is 3. The van der Waals surface area contributed by atoms with Gasteiger partial charge in [-0.05, 0) is 45.9 Å². The summed E-state index contributed by atoms with van der Waals surface area (Å²) in [6.07, 6.45) is 1.76. The Bertz CT molecular complexity index is 1140. The number of ether oxygens (including phenoxy) is 2. The van der Waals surface area contributed by atoms with E-state index in [9.17, 15) is 14.0 Å². The fraction of sp³-hybridized carbons (Fsp3) is 0.345. The standard InChI is InChI=1S/C29H31FN2O4/c1-3-19(2)27(28(33)35-17-14-26(30)20-12-15-31-16-13-20)32-29(34)36-18-25-23-10-6-4-8-21(23)22-9-5-7-11-24(22)25/h4-13,15-16,19,25-27H,3,14,17-18H2,1-2H3,(H,32,34)/t19?,26?,27-/m0/s1. The zero-order valence-corrected chi connectivity index (χ0v) is 20.5. The number of alkyl halides is 1. The fourth-order valence-corrected chi connectivity index (χ4v) is 4.53. The van der Waals surface area contributed by atoms with E-state index in [1.807, 2.05) is 50.2 Å². The maximum absolute atomic E-state index is 14.4. The Labute approximate surface area is 210 Å². The molecule has 1 aliphatic carbocycles. The number of rotatable bonds is 10. The predicted octanol–water partition coefficient (Wildman–Crippen LogP) is 5.98. The lowest BCUT2D eigenvalue weighted by molar-refractivity contribution is -0.147. The van der Waals surface area contributed by atoms with Crippen LogP contribution >= 0.6 is 0 Å². The monoisotopic (exact) mass is 490 g/mol.